The van der Waals surface area contributed by atoms with Crippen LogP contribution in [-0.2, 0) is 4.74 Å². The van der Waals surface area contributed by atoms with Crippen molar-refractivity contribution in [3.8, 4) is 0 Å². The normalized spacial score (nSPS) is 14.5. The molecule has 0 saturated heterocycles. The van der Waals surface area contributed by atoms with Crippen LogP contribution in [0.5, 0.6) is 0 Å². The number of hydrogen-bond donors (Lipinski definition) is 2. The lowest BCUT2D eigenvalue weighted by molar-refractivity contribution is 0.0600. The largest absolute Gasteiger partial charge is 0.465 e. The van der Waals surface area contributed by atoms with Crippen molar-refractivity contribution in [3.63, 3.8) is 0 Å². The zero-order chi connectivity index (χ0) is 20.6. The molecule has 1 saturated carbocycles. The summed E-state index contributed by atoms with van der Waals surface area (Å²) in [5.74, 6) is -1.03. The Bertz CT molecular complexity index is 872. The highest BCUT2D eigenvalue weighted by Crippen LogP contribution is 2.18. The topological polar surface area (TPSA) is 97.4 Å². The summed E-state index contributed by atoms with van der Waals surface area (Å²) in [6.07, 6.45) is 9.53. The SMILES string of the molecule is COC(=O)c1ccc(NC(=O)c2cncc(C(=O)NC3CCCCCC3)c2)cc1. The highest BCUT2D eigenvalue weighted by atomic mass is 16.5. The van der Waals surface area contributed by atoms with Crippen molar-refractivity contribution in [3.05, 3.63) is 59.4 Å². The maximum absolute atomic E-state index is 12.6. The molecule has 0 radical (unpaired) electrons. The van der Waals surface area contributed by atoms with E-state index in [4.69, 9.17) is 0 Å². The Morgan fingerprint density at radius 3 is 2.14 bits per heavy atom. The van der Waals surface area contributed by atoms with Gasteiger partial charge in [0, 0.05) is 24.1 Å². The lowest BCUT2D eigenvalue weighted by atomic mass is 10.1. The van der Waals surface area contributed by atoms with Gasteiger partial charge in [-0.2, -0.15) is 0 Å². The van der Waals surface area contributed by atoms with E-state index in [1.54, 1.807) is 24.3 Å². The van der Waals surface area contributed by atoms with E-state index in [2.05, 4.69) is 20.4 Å². The van der Waals surface area contributed by atoms with E-state index < -0.39 is 5.97 Å². The third-order valence-corrected chi connectivity index (χ3v) is 5.02. The molecule has 1 aliphatic carbocycles. The first-order valence-corrected chi connectivity index (χ1v) is 9.82. The van der Waals surface area contributed by atoms with Gasteiger partial charge < -0.3 is 15.4 Å². The van der Waals surface area contributed by atoms with Crippen LogP contribution in [0.4, 0.5) is 5.69 Å². The monoisotopic (exact) mass is 395 g/mol. The number of amides is 2. The molecule has 152 valence electrons. The second-order valence-corrected chi connectivity index (χ2v) is 7.15. The number of aromatic nitrogens is 1. The zero-order valence-corrected chi connectivity index (χ0v) is 16.4. The molecule has 7 heteroatoms. The van der Waals surface area contributed by atoms with Crippen molar-refractivity contribution in [2.75, 3.05) is 12.4 Å². The Kier molecular flexibility index (Phi) is 6.94. The lowest BCUT2D eigenvalue weighted by Gasteiger charge is -2.16. The number of methoxy groups -OCH3 is 1. The summed E-state index contributed by atoms with van der Waals surface area (Å²) in [7, 11) is 1.31. The molecular weight excluding hydrogens is 370 g/mol. The Morgan fingerprint density at radius 2 is 1.52 bits per heavy atom. The maximum atomic E-state index is 12.6. The second-order valence-electron chi connectivity index (χ2n) is 7.15. The second kappa shape index (κ2) is 9.82. The van der Waals surface area contributed by atoms with Crippen LogP contribution in [0.1, 0.15) is 69.6 Å². The van der Waals surface area contributed by atoms with Gasteiger partial charge in [0.25, 0.3) is 11.8 Å². The minimum atomic E-state index is -0.445. The van der Waals surface area contributed by atoms with Gasteiger partial charge in [-0.25, -0.2) is 4.79 Å². The van der Waals surface area contributed by atoms with Crippen LogP contribution >= 0.6 is 0 Å². The van der Waals surface area contributed by atoms with E-state index in [0.717, 1.165) is 25.7 Å². The van der Waals surface area contributed by atoms with Crippen molar-refractivity contribution >= 4 is 23.5 Å². The number of esters is 1. The number of pyridine rings is 1. The van der Waals surface area contributed by atoms with Crippen LogP contribution in [0.25, 0.3) is 0 Å². The summed E-state index contributed by atoms with van der Waals surface area (Å²) in [6, 6.07) is 8.07. The highest BCUT2D eigenvalue weighted by molar-refractivity contribution is 6.06. The van der Waals surface area contributed by atoms with Crippen molar-refractivity contribution in [2.45, 2.75) is 44.6 Å². The predicted octanol–water partition coefficient (Wildman–Crippen LogP) is 3.57. The third-order valence-electron chi connectivity index (χ3n) is 5.02. The zero-order valence-electron chi connectivity index (χ0n) is 16.4. The fourth-order valence-electron chi connectivity index (χ4n) is 3.39. The average Bonchev–Trinajstić information content (AvgIpc) is 3.02. The lowest BCUT2D eigenvalue weighted by Crippen LogP contribution is -2.34. The van der Waals surface area contributed by atoms with E-state index in [-0.39, 0.29) is 23.4 Å². The van der Waals surface area contributed by atoms with E-state index in [0.29, 0.717) is 16.8 Å². The number of anilines is 1. The molecule has 7 nitrogen and oxygen atoms in total. The minimum Gasteiger partial charge on any atom is -0.465 e. The predicted molar refractivity (Wildman–Crippen MR) is 109 cm³/mol. The molecule has 1 fully saturated rings. The molecule has 1 aliphatic rings. The molecule has 2 amide bonds. The Balaban J connectivity index is 1.64. The van der Waals surface area contributed by atoms with Gasteiger partial charge in [-0.3, -0.25) is 14.6 Å². The number of rotatable bonds is 5. The molecule has 2 aromatic rings. The summed E-state index contributed by atoms with van der Waals surface area (Å²) in [6.45, 7) is 0. The first-order valence-electron chi connectivity index (χ1n) is 9.82. The molecule has 0 aliphatic heterocycles. The van der Waals surface area contributed by atoms with E-state index in [1.807, 2.05) is 0 Å². The van der Waals surface area contributed by atoms with Gasteiger partial charge in [-0.1, -0.05) is 25.7 Å². The summed E-state index contributed by atoms with van der Waals surface area (Å²) in [5.41, 5.74) is 1.57. The van der Waals surface area contributed by atoms with Gasteiger partial charge in [0.15, 0.2) is 0 Å². The van der Waals surface area contributed by atoms with Crippen molar-refractivity contribution < 1.29 is 19.1 Å². The molecule has 1 heterocycles. The summed E-state index contributed by atoms with van der Waals surface area (Å²) in [4.78, 5) is 40.6. The third kappa shape index (κ3) is 5.63. The summed E-state index contributed by atoms with van der Waals surface area (Å²) >= 11 is 0. The van der Waals surface area contributed by atoms with Crippen LogP contribution in [-0.4, -0.2) is 35.9 Å². The molecule has 2 N–H and O–H groups in total. The van der Waals surface area contributed by atoms with E-state index in [1.165, 1.54) is 38.4 Å². The number of ether oxygens (including phenoxy) is 1. The Hall–Kier alpha value is -3.22. The number of carbonyl (C=O) groups excluding carboxylic acids is 3. The van der Waals surface area contributed by atoms with Crippen LogP contribution in [0.3, 0.4) is 0 Å². The number of carbonyl (C=O) groups is 3. The first-order chi connectivity index (χ1) is 14.1. The molecular formula is C22H25N3O4. The van der Waals surface area contributed by atoms with E-state index >= 15 is 0 Å². The quantitative estimate of drug-likeness (QED) is 0.596. The molecule has 0 unspecified atom stereocenters. The van der Waals surface area contributed by atoms with Gasteiger partial charge in [0.2, 0.25) is 0 Å². The van der Waals surface area contributed by atoms with Crippen molar-refractivity contribution in [1.82, 2.24) is 10.3 Å². The van der Waals surface area contributed by atoms with Crippen LogP contribution in [0.2, 0.25) is 0 Å². The smallest absolute Gasteiger partial charge is 0.337 e. The van der Waals surface area contributed by atoms with Gasteiger partial charge >= 0.3 is 5.97 Å². The van der Waals surface area contributed by atoms with Crippen LogP contribution < -0.4 is 10.6 Å². The van der Waals surface area contributed by atoms with Crippen LogP contribution in [0.15, 0.2) is 42.7 Å². The van der Waals surface area contributed by atoms with Gasteiger partial charge in [-0.15, -0.1) is 0 Å². The van der Waals surface area contributed by atoms with Gasteiger partial charge in [-0.05, 0) is 43.2 Å². The molecule has 3 rings (SSSR count). The first kappa shape index (κ1) is 20.5. The molecule has 0 atom stereocenters. The van der Waals surface area contributed by atoms with Crippen LogP contribution in [0, 0.1) is 0 Å². The number of nitrogens with zero attached hydrogens (tertiary/aromatic N) is 1. The van der Waals surface area contributed by atoms with Crippen molar-refractivity contribution in [2.24, 2.45) is 0 Å². The molecule has 29 heavy (non-hydrogen) atoms. The molecule has 0 bridgehead atoms. The molecule has 0 spiro atoms. The fraction of sp³-hybridized carbons (Fsp3) is 0.364. The number of nitrogens with one attached hydrogen (secondary N) is 2. The van der Waals surface area contributed by atoms with Gasteiger partial charge in [0.05, 0.1) is 23.8 Å². The molecule has 1 aromatic heterocycles. The summed E-state index contributed by atoms with van der Waals surface area (Å²) < 4.78 is 4.65. The summed E-state index contributed by atoms with van der Waals surface area (Å²) in [5, 5.41) is 5.79. The van der Waals surface area contributed by atoms with Gasteiger partial charge in [0.1, 0.15) is 0 Å². The Labute approximate surface area is 169 Å². The number of hydrogen-bond acceptors (Lipinski definition) is 5. The standard InChI is InChI=1S/C22H25N3O4/c1-29-22(28)15-8-10-19(11-9-15)25-21(27)17-12-16(13-23-14-17)20(26)24-18-6-4-2-3-5-7-18/h8-14,18H,2-7H2,1H3,(H,24,26)(H,25,27). The van der Waals surface area contributed by atoms with E-state index in [9.17, 15) is 14.4 Å². The van der Waals surface area contributed by atoms with Crippen molar-refractivity contribution in [1.29, 1.82) is 0 Å². The fourth-order valence-corrected chi connectivity index (χ4v) is 3.39. The average molecular weight is 395 g/mol. The molecule has 1 aromatic carbocycles. The minimum absolute atomic E-state index is 0.177. The highest BCUT2D eigenvalue weighted by Gasteiger charge is 2.17. The Morgan fingerprint density at radius 1 is 0.897 bits per heavy atom. The maximum Gasteiger partial charge on any atom is 0.337 e. The number of benzene rings is 1.